The molecular formula is C22H24N4O. The number of hydrogen-bond donors (Lipinski definition) is 0. The summed E-state index contributed by atoms with van der Waals surface area (Å²) in [7, 11) is 1.72. The molecule has 5 nitrogen and oxygen atoms in total. The third kappa shape index (κ3) is 3.58. The minimum Gasteiger partial charge on any atom is -0.495 e. The van der Waals surface area contributed by atoms with E-state index in [9.17, 15) is 0 Å². The first-order valence-electron chi connectivity index (χ1n) is 9.28. The van der Waals surface area contributed by atoms with E-state index in [0.717, 1.165) is 60.4 Å². The van der Waals surface area contributed by atoms with Crippen LogP contribution in [0.2, 0.25) is 0 Å². The first kappa shape index (κ1) is 17.3. The molecule has 3 aromatic rings. The number of benzene rings is 2. The molecule has 0 radical (unpaired) electrons. The van der Waals surface area contributed by atoms with Gasteiger partial charge >= 0.3 is 0 Å². The molecule has 27 heavy (non-hydrogen) atoms. The van der Waals surface area contributed by atoms with Gasteiger partial charge in [-0.15, -0.1) is 0 Å². The van der Waals surface area contributed by atoms with E-state index in [1.807, 2.05) is 36.5 Å². The topological polar surface area (TPSA) is 41.5 Å². The monoisotopic (exact) mass is 360 g/mol. The molecule has 0 atom stereocenters. The third-order valence-corrected chi connectivity index (χ3v) is 5.04. The molecule has 2 heterocycles. The van der Waals surface area contributed by atoms with Gasteiger partial charge in [0.1, 0.15) is 5.75 Å². The van der Waals surface area contributed by atoms with Gasteiger partial charge in [0.15, 0.2) is 0 Å². The summed E-state index contributed by atoms with van der Waals surface area (Å²) in [5.74, 6) is 1.73. The van der Waals surface area contributed by atoms with E-state index in [2.05, 4.69) is 46.0 Å². The standard InChI is InChI=1S/C22H24N4O/c1-17-19(18-8-4-3-5-9-18)16-23-22(24-17)26-14-12-25(13-15-26)20-10-6-7-11-21(20)27-2/h3-11,16H,12-15H2,1-2H3. The van der Waals surface area contributed by atoms with Gasteiger partial charge in [-0.2, -0.15) is 0 Å². The molecule has 0 saturated carbocycles. The molecule has 0 bridgehead atoms. The van der Waals surface area contributed by atoms with Crippen LogP contribution >= 0.6 is 0 Å². The van der Waals surface area contributed by atoms with Crippen LogP contribution in [0, 0.1) is 6.92 Å². The molecule has 0 spiro atoms. The van der Waals surface area contributed by atoms with Gasteiger partial charge in [0, 0.05) is 37.9 Å². The maximum atomic E-state index is 5.50. The van der Waals surface area contributed by atoms with Gasteiger partial charge < -0.3 is 14.5 Å². The molecule has 138 valence electrons. The lowest BCUT2D eigenvalue weighted by Crippen LogP contribution is -2.47. The summed E-state index contributed by atoms with van der Waals surface area (Å²) in [4.78, 5) is 14.0. The molecule has 1 saturated heterocycles. The molecule has 0 aliphatic carbocycles. The second-order valence-electron chi connectivity index (χ2n) is 6.68. The Hall–Kier alpha value is -3.08. The van der Waals surface area contributed by atoms with E-state index < -0.39 is 0 Å². The number of aryl methyl sites for hydroxylation is 1. The maximum absolute atomic E-state index is 5.50. The lowest BCUT2D eigenvalue weighted by molar-refractivity contribution is 0.413. The predicted molar refractivity (Wildman–Crippen MR) is 110 cm³/mol. The highest BCUT2D eigenvalue weighted by Crippen LogP contribution is 2.29. The van der Waals surface area contributed by atoms with Crippen molar-refractivity contribution >= 4 is 11.6 Å². The summed E-state index contributed by atoms with van der Waals surface area (Å²) in [5.41, 5.74) is 4.41. The number of anilines is 2. The number of nitrogens with zero attached hydrogens (tertiary/aromatic N) is 4. The minimum atomic E-state index is 0.812. The fraction of sp³-hybridized carbons (Fsp3) is 0.273. The number of para-hydroxylation sites is 2. The van der Waals surface area contributed by atoms with Crippen LogP contribution in [0.1, 0.15) is 5.69 Å². The van der Waals surface area contributed by atoms with Crippen molar-refractivity contribution in [1.82, 2.24) is 9.97 Å². The lowest BCUT2D eigenvalue weighted by Gasteiger charge is -2.36. The van der Waals surface area contributed by atoms with Crippen molar-refractivity contribution in [2.45, 2.75) is 6.92 Å². The highest BCUT2D eigenvalue weighted by atomic mass is 16.5. The molecule has 1 fully saturated rings. The molecule has 1 aliphatic rings. The normalized spacial score (nSPS) is 14.3. The van der Waals surface area contributed by atoms with Crippen LogP contribution in [-0.2, 0) is 0 Å². The lowest BCUT2D eigenvalue weighted by atomic mass is 10.1. The number of rotatable bonds is 4. The zero-order chi connectivity index (χ0) is 18.6. The van der Waals surface area contributed by atoms with E-state index in [1.165, 1.54) is 0 Å². The molecule has 1 aromatic heterocycles. The Morgan fingerprint density at radius 1 is 0.852 bits per heavy atom. The van der Waals surface area contributed by atoms with Crippen LogP contribution in [0.3, 0.4) is 0 Å². The Bertz CT molecular complexity index is 905. The van der Waals surface area contributed by atoms with Gasteiger partial charge in [0.25, 0.3) is 0 Å². The molecule has 4 rings (SSSR count). The van der Waals surface area contributed by atoms with Crippen molar-refractivity contribution in [2.75, 3.05) is 43.1 Å². The van der Waals surface area contributed by atoms with E-state index >= 15 is 0 Å². The van der Waals surface area contributed by atoms with Crippen molar-refractivity contribution in [3.8, 4) is 16.9 Å². The summed E-state index contributed by atoms with van der Waals surface area (Å²) >= 11 is 0. The summed E-state index contributed by atoms with van der Waals surface area (Å²) in [6.07, 6.45) is 1.94. The largest absolute Gasteiger partial charge is 0.495 e. The van der Waals surface area contributed by atoms with Crippen LogP contribution in [0.25, 0.3) is 11.1 Å². The maximum Gasteiger partial charge on any atom is 0.225 e. The zero-order valence-corrected chi connectivity index (χ0v) is 15.8. The molecule has 5 heteroatoms. The van der Waals surface area contributed by atoms with Crippen molar-refractivity contribution in [2.24, 2.45) is 0 Å². The van der Waals surface area contributed by atoms with Gasteiger partial charge in [-0.3, -0.25) is 0 Å². The summed E-state index contributed by atoms with van der Waals surface area (Å²) in [6, 6.07) is 18.5. The SMILES string of the molecule is COc1ccccc1N1CCN(c2ncc(-c3ccccc3)c(C)n2)CC1. The van der Waals surface area contributed by atoms with Gasteiger partial charge in [-0.25, -0.2) is 9.97 Å². The fourth-order valence-electron chi connectivity index (χ4n) is 3.55. The van der Waals surface area contributed by atoms with Crippen molar-refractivity contribution < 1.29 is 4.74 Å². The Morgan fingerprint density at radius 2 is 1.52 bits per heavy atom. The first-order chi connectivity index (χ1) is 13.3. The van der Waals surface area contributed by atoms with E-state index in [0.29, 0.717) is 0 Å². The number of hydrogen-bond acceptors (Lipinski definition) is 5. The molecule has 0 amide bonds. The number of ether oxygens (including phenoxy) is 1. The Labute approximate surface area is 160 Å². The molecule has 2 aromatic carbocycles. The number of aromatic nitrogens is 2. The number of methoxy groups -OCH3 is 1. The molecule has 0 N–H and O–H groups in total. The quantitative estimate of drug-likeness (QED) is 0.708. The molecular weight excluding hydrogens is 336 g/mol. The third-order valence-electron chi connectivity index (χ3n) is 5.04. The Kier molecular flexibility index (Phi) is 4.92. The summed E-state index contributed by atoms with van der Waals surface area (Å²) < 4.78 is 5.50. The Balaban J connectivity index is 1.48. The van der Waals surface area contributed by atoms with E-state index in [4.69, 9.17) is 9.72 Å². The molecule has 0 unspecified atom stereocenters. The average Bonchev–Trinajstić information content (AvgIpc) is 2.74. The second-order valence-corrected chi connectivity index (χ2v) is 6.68. The van der Waals surface area contributed by atoms with Crippen LogP contribution in [0.5, 0.6) is 5.75 Å². The van der Waals surface area contributed by atoms with E-state index in [1.54, 1.807) is 7.11 Å². The van der Waals surface area contributed by atoms with Crippen LogP contribution in [0.4, 0.5) is 11.6 Å². The van der Waals surface area contributed by atoms with E-state index in [-0.39, 0.29) is 0 Å². The Morgan fingerprint density at radius 3 is 2.22 bits per heavy atom. The zero-order valence-electron chi connectivity index (χ0n) is 15.8. The smallest absolute Gasteiger partial charge is 0.225 e. The highest BCUT2D eigenvalue weighted by molar-refractivity contribution is 5.65. The minimum absolute atomic E-state index is 0.812. The van der Waals surface area contributed by atoms with Gasteiger partial charge in [-0.1, -0.05) is 42.5 Å². The van der Waals surface area contributed by atoms with Gasteiger partial charge in [0.2, 0.25) is 5.95 Å². The van der Waals surface area contributed by atoms with Gasteiger partial charge in [0.05, 0.1) is 18.5 Å². The molecule has 1 aliphatic heterocycles. The summed E-state index contributed by atoms with van der Waals surface area (Å²) in [5, 5.41) is 0. The van der Waals surface area contributed by atoms with Crippen molar-refractivity contribution in [1.29, 1.82) is 0 Å². The highest BCUT2D eigenvalue weighted by Gasteiger charge is 2.21. The first-order valence-corrected chi connectivity index (χ1v) is 9.28. The average molecular weight is 360 g/mol. The van der Waals surface area contributed by atoms with Crippen LogP contribution < -0.4 is 14.5 Å². The summed E-state index contributed by atoms with van der Waals surface area (Å²) in [6.45, 7) is 5.68. The van der Waals surface area contributed by atoms with Crippen LogP contribution in [-0.4, -0.2) is 43.3 Å². The fourth-order valence-corrected chi connectivity index (χ4v) is 3.55. The predicted octanol–water partition coefficient (Wildman–Crippen LogP) is 3.79. The van der Waals surface area contributed by atoms with Crippen molar-refractivity contribution in [3.63, 3.8) is 0 Å². The van der Waals surface area contributed by atoms with Crippen LogP contribution in [0.15, 0.2) is 60.8 Å². The van der Waals surface area contributed by atoms with Crippen molar-refractivity contribution in [3.05, 3.63) is 66.5 Å². The van der Waals surface area contributed by atoms with Gasteiger partial charge in [-0.05, 0) is 24.6 Å². The second kappa shape index (κ2) is 7.66. The number of piperazine rings is 1.